The van der Waals surface area contributed by atoms with Gasteiger partial charge in [0, 0.05) is 17.0 Å². The quantitative estimate of drug-likeness (QED) is 0.450. The second kappa shape index (κ2) is 9.83. The molecule has 0 bridgehead atoms. The molecular formula is C26H23NO5S. The van der Waals surface area contributed by atoms with Gasteiger partial charge in [0.25, 0.3) is 0 Å². The average molecular weight is 462 g/mol. The molecule has 0 radical (unpaired) electrons. The summed E-state index contributed by atoms with van der Waals surface area (Å²) in [4.78, 5) is 17.9. The third-order valence-corrected chi connectivity index (χ3v) is 6.11. The minimum atomic E-state index is -0.619. The molecule has 0 fully saturated rings. The fraction of sp³-hybridized carbons (Fsp3) is 0.154. The van der Waals surface area contributed by atoms with Gasteiger partial charge in [0.1, 0.15) is 27.9 Å². The molecule has 0 aliphatic carbocycles. The fourth-order valence-corrected chi connectivity index (χ4v) is 4.50. The highest BCUT2D eigenvalue weighted by molar-refractivity contribution is 8.18. The summed E-state index contributed by atoms with van der Waals surface area (Å²) in [7, 11) is 3.14. The molecule has 1 N–H and O–H groups in total. The van der Waals surface area contributed by atoms with Crippen LogP contribution in [0.5, 0.6) is 11.5 Å². The zero-order valence-corrected chi connectivity index (χ0v) is 19.3. The smallest absolute Gasteiger partial charge is 0.344 e. The van der Waals surface area contributed by atoms with Crippen LogP contribution in [0.25, 0.3) is 16.8 Å². The predicted octanol–water partition coefficient (Wildman–Crippen LogP) is 6.05. The van der Waals surface area contributed by atoms with Crippen molar-refractivity contribution in [1.82, 2.24) is 0 Å². The van der Waals surface area contributed by atoms with Gasteiger partial charge in [0.2, 0.25) is 0 Å². The maximum absolute atomic E-state index is 12.7. The van der Waals surface area contributed by atoms with E-state index in [0.29, 0.717) is 27.1 Å². The summed E-state index contributed by atoms with van der Waals surface area (Å²) in [5.41, 5.74) is 1.48. The second-order valence-electron chi connectivity index (χ2n) is 7.08. The minimum Gasteiger partial charge on any atom is -0.506 e. The lowest BCUT2D eigenvalue weighted by Crippen LogP contribution is -2.12. The number of esters is 1. The van der Waals surface area contributed by atoms with E-state index in [2.05, 4.69) is 0 Å². The van der Waals surface area contributed by atoms with Gasteiger partial charge in [0.15, 0.2) is 0 Å². The molecule has 0 unspecified atom stereocenters. The van der Waals surface area contributed by atoms with Gasteiger partial charge in [-0.3, -0.25) is 0 Å². The molecule has 4 rings (SSSR count). The van der Waals surface area contributed by atoms with Gasteiger partial charge in [-0.1, -0.05) is 48.2 Å². The number of carbonyl (C=O) groups is 1. The fourth-order valence-electron chi connectivity index (χ4n) is 3.49. The Balaban J connectivity index is 1.82. The number of fused-ring (bicyclic) bond motifs is 1. The Kier molecular flexibility index (Phi) is 6.70. The lowest BCUT2D eigenvalue weighted by molar-refractivity contribution is -0.138. The minimum absolute atomic E-state index is 0.0495. The molecule has 0 aromatic heterocycles. The molecule has 168 valence electrons. The van der Waals surface area contributed by atoms with Crippen molar-refractivity contribution in [2.45, 2.75) is 6.92 Å². The molecule has 0 saturated heterocycles. The van der Waals surface area contributed by atoms with Crippen molar-refractivity contribution in [2.75, 3.05) is 20.8 Å². The predicted molar refractivity (Wildman–Crippen MR) is 132 cm³/mol. The largest absolute Gasteiger partial charge is 0.506 e. The molecule has 0 atom stereocenters. The molecule has 0 saturated carbocycles. The number of nitrogens with zero attached hydrogens (tertiary/aromatic N) is 1. The molecule has 33 heavy (non-hydrogen) atoms. The van der Waals surface area contributed by atoms with Gasteiger partial charge in [0.05, 0.1) is 31.4 Å². The van der Waals surface area contributed by atoms with Crippen molar-refractivity contribution in [1.29, 1.82) is 0 Å². The highest BCUT2D eigenvalue weighted by Crippen LogP contribution is 2.42. The van der Waals surface area contributed by atoms with E-state index >= 15 is 0 Å². The monoisotopic (exact) mass is 461 g/mol. The highest BCUT2D eigenvalue weighted by Gasteiger charge is 2.33. The number of benzene rings is 3. The third kappa shape index (κ3) is 4.59. The van der Waals surface area contributed by atoms with Crippen molar-refractivity contribution in [3.05, 3.63) is 82.5 Å². The second-order valence-corrected chi connectivity index (χ2v) is 8.11. The molecule has 0 spiro atoms. The molecule has 1 heterocycles. The molecule has 1 aliphatic rings. The number of carbonyl (C=O) groups excluding carboxylic acids is 1. The number of thioether (sulfide) groups is 1. The number of methoxy groups -OCH3 is 2. The first-order valence-corrected chi connectivity index (χ1v) is 11.2. The van der Waals surface area contributed by atoms with Crippen LogP contribution in [0.1, 0.15) is 12.5 Å². The van der Waals surface area contributed by atoms with Crippen LogP contribution in [0.4, 0.5) is 5.69 Å². The summed E-state index contributed by atoms with van der Waals surface area (Å²) in [6.07, 6.45) is 1.75. The lowest BCUT2D eigenvalue weighted by Gasteiger charge is -2.08. The normalized spacial score (nSPS) is 16.0. The van der Waals surface area contributed by atoms with E-state index in [4.69, 9.17) is 19.2 Å². The molecule has 3 aromatic rings. The van der Waals surface area contributed by atoms with Crippen LogP contribution in [0.15, 0.2) is 81.9 Å². The average Bonchev–Trinajstić information content (AvgIpc) is 3.14. The van der Waals surface area contributed by atoms with E-state index in [0.717, 1.165) is 16.3 Å². The van der Waals surface area contributed by atoms with Crippen molar-refractivity contribution in [3.8, 4) is 11.5 Å². The number of aliphatic hydroxyl groups is 1. The third-order valence-electron chi connectivity index (χ3n) is 5.09. The van der Waals surface area contributed by atoms with E-state index in [9.17, 15) is 9.90 Å². The first-order chi connectivity index (χ1) is 16.0. The van der Waals surface area contributed by atoms with Crippen LogP contribution in [-0.2, 0) is 9.53 Å². The SMILES string of the molecule is CCOC(=O)C1=C(O)/C(=C\c2ccc(OC)cc2OC)SC1=Nc1cccc2ccccc12. The van der Waals surface area contributed by atoms with Gasteiger partial charge in [-0.15, -0.1) is 0 Å². The Morgan fingerprint density at radius 2 is 1.85 bits per heavy atom. The number of ether oxygens (including phenoxy) is 3. The number of aliphatic hydroxyl groups excluding tert-OH is 1. The van der Waals surface area contributed by atoms with Gasteiger partial charge in [-0.05, 0) is 36.6 Å². The van der Waals surface area contributed by atoms with Crippen molar-refractivity contribution in [2.24, 2.45) is 4.99 Å². The Morgan fingerprint density at radius 1 is 1.06 bits per heavy atom. The summed E-state index contributed by atoms with van der Waals surface area (Å²) < 4.78 is 15.9. The summed E-state index contributed by atoms with van der Waals surface area (Å²) >= 11 is 1.21. The zero-order chi connectivity index (χ0) is 23.4. The number of hydrogen-bond acceptors (Lipinski definition) is 7. The maximum Gasteiger partial charge on any atom is 0.344 e. The Labute approximate surface area is 196 Å². The van der Waals surface area contributed by atoms with Crippen LogP contribution >= 0.6 is 11.8 Å². The standard InChI is InChI=1S/C26H23NO5S/c1-4-32-26(29)23-24(28)22(14-17-12-13-18(30-2)15-21(17)31-3)33-25(23)27-20-11-7-9-16-8-5-6-10-19(16)20/h5-15,28H,4H2,1-3H3/b22-14+,27-25?. The van der Waals surface area contributed by atoms with E-state index in [-0.39, 0.29) is 17.9 Å². The molecule has 3 aromatic carbocycles. The van der Waals surface area contributed by atoms with E-state index < -0.39 is 5.97 Å². The first kappa shape index (κ1) is 22.5. The zero-order valence-electron chi connectivity index (χ0n) is 18.5. The van der Waals surface area contributed by atoms with Crippen molar-refractivity contribution < 1.29 is 24.1 Å². The first-order valence-electron chi connectivity index (χ1n) is 10.3. The van der Waals surface area contributed by atoms with Crippen LogP contribution < -0.4 is 9.47 Å². The summed E-state index contributed by atoms with van der Waals surface area (Å²) in [6, 6.07) is 19.0. The number of rotatable bonds is 6. The molecule has 6 nitrogen and oxygen atoms in total. The highest BCUT2D eigenvalue weighted by atomic mass is 32.2. The summed E-state index contributed by atoms with van der Waals surface area (Å²) in [5.74, 6) is 0.438. The van der Waals surface area contributed by atoms with E-state index in [1.54, 1.807) is 39.4 Å². The van der Waals surface area contributed by atoms with Gasteiger partial charge in [-0.2, -0.15) is 0 Å². The van der Waals surface area contributed by atoms with Gasteiger partial charge < -0.3 is 19.3 Å². The summed E-state index contributed by atoms with van der Waals surface area (Å²) in [5, 5.41) is 13.3. The van der Waals surface area contributed by atoms with Crippen LogP contribution in [0.3, 0.4) is 0 Å². The van der Waals surface area contributed by atoms with Crippen molar-refractivity contribution in [3.63, 3.8) is 0 Å². The molecular weight excluding hydrogens is 438 g/mol. The molecule has 7 heteroatoms. The topological polar surface area (TPSA) is 77.4 Å². The molecule has 0 amide bonds. The Bertz CT molecular complexity index is 1300. The number of hydrogen-bond donors (Lipinski definition) is 1. The van der Waals surface area contributed by atoms with E-state index in [1.165, 1.54) is 11.8 Å². The van der Waals surface area contributed by atoms with Crippen molar-refractivity contribution >= 4 is 45.3 Å². The molecule has 1 aliphatic heterocycles. The van der Waals surface area contributed by atoms with E-state index in [1.807, 2.05) is 48.5 Å². The van der Waals surface area contributed by atoms with Gasteiger partial charge in [-0.25, -0.2) is 9.79 Å². The Hall–Kier alpha value is -3.71. The Morgan fingerprint density at radius 3 is 2.61 bits per heavy atom. The van der Waals surface area contributed by atoms with Gasteiger partial charge >= 0.3 is 5.97 Å². The van der Waals surface area contributed by atoms with Crippen LogP contribution in [0.2, 0.25) is 0 Å². The van der Waals surface area contributed by atoms with Crippen LogP contribution in [0, 0.1) is 0 Å². The maximum atomic E-state index is 12.7. The lowest BCUT2D eigenvalue weighted by atomic mass is 10.1. The summed E-state index contributed by atoms with van der Waals surface area (Å²) in [6.45, 7) is 1.91. The van der Waals surface area contributed by atoms with Crippen LogP contribution in [-0.4, -0.2) is 36.9 Å². The number of aliphatic imine (C=N–C) groups is 1.